The molecule has 0 aliphatic carbocycles. The quantitative estimate of drug-likeness (QED) is 0.701. The zero-order valence-electron chi connectivity index (χ0n) is 10.5. The second-order valence-corrected chi connectivity index (χ2v) is 4.56. The predicted octanol–water partition coefficient (Wildman–Crippen LogP) is 2.79. The second kappa shape index (κ2) is 4.74. The van der Waals surface area contributed by atoms with Gasteiger partial charge in [-0.15, -0.1) is 0 Å². The van der Waals surface area contributed by atoms with E-state index in [1.54, 1.807) is 36.4 Å². The van der Waals surface area contributed by atoms with Gasteiger partial charge in [-0.2, -0.15) is 0 Å². The number of benzene rings is 2. The zero-order valence-corrected chi connectivity index (χ0v) is 10.5. The van der Waals surface area contributed by atoms with Crippen LogP contribution in [0.2, 0.25) is 0 Å². The molecule has 4 heteroatoms. The average molecular weight is 268 g/mol. The van der Waals surface area contributed by atoms with Crippen LogP contribution in [-0.2, 0) is 6.42 Å². The van der Waals surface area contributed by atoms with E-state index in [4.69, 9.17) is 4.42 Å². The zero-order chi connectivity index (χ0) is 14.1. The molecule has 20 heavy (non-hydrogen) atoms. The highest BCUT2D eigenvalue weighted by molar-refractivity contribution is 5.84. The van der Waals surface area contributed by atoms with E-state index < -0.39 is 5.63 Å². The van der Waals surface area contributed by atoms with Gasteiger partial charge in [0.2, 0.25) is 0 Å². The maximum absolute atomic E-state index is 11.9. The molecule has 0 spiro atoms. The van der Waals surface area contributed by atoms with Gasteiger partial charge in [0.25, 0.3) is 0 Å². The summed E-state index contributed by atoms with van der Waals surface area (Å²) in [7, 11) is 0. The lowest BCUT2D eigenvalue weighted by Gasteiger charge is -2.06. The van der Waals surface area contributed by atoms with Crippen molar-refractivity contribution in [3.63, 3.8) is 0 Å². The molecular weight excluding hydrogens is 256 g/mol. The molecule has 0 amide bonds. The third-order valence-corrected chi connectivity index (χ3v) is 3.19. The molecule has 4 nitrogen and oxygen atoms in total. The van der Waals surface area contributed by atoms with E-state index in [1.807, 2.05) is 0 Å². The monoisotopic (exact) mass is 268 g/mol. The molecule has 3 rings (SSSR count). The fourth-order valence-electron chi connectivity index (χ4n) is 2.15. The Morgan fingerprint density at radius 2 is 1.65 bits per heavy atom. The van der Waals surface area contributed by atoms with Crippen molar-refractivity contribution in [1.82, 2.24) is 0 Å². The first kappa shape index (κ1) is 12.3. The Balaban J connectivity index is 2.11. The molecule has 0 unspecified atom stereocenters. The van der Waals surface area contributed by atoms with Crippen molar-refractivity contribution < 1.29 is 14.6 Å². The van der Waals surface area contributed by atoms with Crippen molar-refractivity contribution >= 4 is 11.0 Å². The van der Waals surface area contributed by atoms with Gasteiger partial charge in [-0.25, -0.2) is 4.79 Å². The number of rotatable bonds is 2. The van der Waals surface area contributed by atoms with E-state index in [2.05, 4.69) is 0 Å². The first-order chi connectivity index (χ1) is 9.65. The first-order valence-electron chi connectivity index (χ1n) is 6.17. The number of hydrogen-bond donors (Lipinski definition) is 2. The number of phenols is 1. The van der Waals surface area contributed by atoms with Crippen molar-refractivity contribution in [3.8, 4) is 11.5 Å². The minimum Gasteiger partial charge on any atom is -0.508 e. The largest absolute Gasteiger partial charge is 0.508 e. The van der Waals surface area contributed by atoms with Crippen LogP contribution in [0.15, 0.2) is 57.7 Å². The SMILES string of the molecule is O=c1oc2ccccc2c(O)c1Cc1ccc(O)cc1. The molecule has 0 aliphatic rings. The van der Waals surface area contributed by atoms with E-state index in [-0.39, 0.29) is 23.5 Å². The minimum atomic E-state index is -0.547. The van der Waals surface area contributed by atoms with Gasteiger partial charge in [0.05, 0.1) is 10.9 Å². The van der Waals surface area contributed by atoms with Crippen LogP contribution in [0.3, 0.4) is 0 Å². The number of para-hydroxylation sites is 1. The Morgan fingerprint density at radius 3 is 2.40 bits per heavy atom. The summed E-state index contributed by atoms with van der Waals surface area (Å²) in [4.78, 5) is 11.9. The molecular formula is C16H12O4. The van der Waals surface area contributed by atoms with Gasteiger partial charge >= 0.3 is 5.63 Å². The third kappa shape index (κ3) is 2.12. The maximum atomic E-state index is 11.9. The summed E-state index contributed by atoms with van der Waals surface area (Å²) in [5, 5.41) is 20.0. The smallest absolute Gasteiger partial charge is 0.343 e. The highest BCUT2D eigenvalue weighted by Gasteiger charge is 2.13. The Kier molecular flexibility index (Phi) is 2.91. The summed E-state index contributed by atoms with van der Waals surface area (Å²) in [5.74, 6) is 0.105. The van der Waals surface area contributed by atoms with Crippen LogP contribution in [0.5, 0.6) is 11.5 Å². The van der Waals surface area contributed by atoms with Gasteiger partial charge in [0, 0.05) is 6.42 Å². The van der Waals surface area contributed by atoms with Crippen molar-refractivity contribution in [2.45, 2.75) is 6.42 Å². The van der Waals surface area contributed by atoms with E-state index in [0.29, 0.717) is 11.0 Å². The molecule has 1 aromatic heterocycles. The predicted molar refractivity (Wildman–Crippen MR) is 75.1 cm³/mol. The van der Waals surface area contributed by atoms with Gasteiger partial charge in [-0.3, -0.25) is 0 Å². The fraction of sp³-hybridized carbons (Fsp3) is 0.0625. The molecule has 0 aliphatic heterocycles. The van der Waals surface area contributed by atoms with Crippen LogP contribution in [0.25, 0.3) is 11.0 Å². The van der Waals surface area contributed by atoms with E-state index >= 15 is 0 Å². The van der Waals surface area contributed by atoms with Crippen LogP contribution >= 0.6 is 0 Å². The average Bonchev–Trinajstić information content (AvgIpc) is 2.45. The summed E-state index contributed by atoms with van der Waals surface area (Å²) >= 11 is 0. The number of phenolic OH excluding ortho intramolecular Hbond substituents is 1. The van der Waals surface area contributed by atoms with Crippen molar-refractivity contribution in [1.29, 1.82) is 0 Å². The van der Waals surface area contributed by atoms with Gasteiger partial charge < -0.3 is 14.6 Å². The van der Waals surface area contributed by atoms with E-state index in [9.17, 15) is 15.0 Å². The molecule has 2 aromatic carbocycles. The van der Waals surface area contributed by atoms with Crippen LogP contribution in [0.1, 0.15) is 11.1 Å². The Morgan fingerprint density at radius 1 is 0.950 bits per heavy atom. The summed E-state index contributed by atoms with van der Waals surface area (Å²) < 4.78 is 5.20. The summed E-state index contributed by atoms with van der Waals surface area (Å²) in [5.41, 5.74) is 0.841. The van der Waals surface area contributed by atoms with E-state index in [0.717, 1.165) is 5.56 Å². The number of fused-ring (bicyclic) bond motifs is 1. The fourth-order valence-corrected chi connectivity index (χ4v) is 2.15. The number of hydrogen-bond acceptors (Lipinski definition) is 4. The number of aromatic hydroxyl groups is 2. The van der Waals surface area contributed by atoms with Gasteiger partial charge in [-0.05, 0) is 29.8 Å². The van der Waals surface area contributed by atoms with Crippen LogP contribution in [0.4, 0.5) is 0 Å². The molecule has 0 saturated heterocycles. The highest BCUT2D eigenvalue weighted by Crippen LogP contribution is 2.27. The van der Waals surface area contributed by atoms with Crippen LogP contribution in [0, 0.1) is 0 Å². The van der Waals surface area contributed by atoms with E-state index in [1.165, 1.54) is 12.1 Å². The first-order valence-corrected chi connectivity index (χ1v) is 6.17. The third-order valence-electron chi connectivity index (χ3n) is 3.19. The van der Waals surface area contributed by atoms with Crippen molar-refractivity contribution in [3.05, 3.63) is 70.1 Å². The maximum Gasteiger partial charge on any atom is 0.343 e. The molecule has 2 N–H and O–H groups in total. The topological polar surface area (TPSA) is 70.7 Å². The van der Waals surface area contributed by atoms with Gasteiger partial charge in [0.1, 0.15) is 17.1 Å². The second-order valence-electron chi connectivity index (χ2n) is 4.56. The van der Waals surface area contributed by atoms with Gasteiger partial charge in [0.15, 0.2) is 0 Å². The van der Waals surface area contributed by atoms with Crippen LogP contribution in [-0.4, -0.2) is 10.2 Å². The van der Waals surface area contributed by atoms with Gasteiger partial charge in [-0.1, -0.05) is 24.3 Å². The summed E-state index contributed by atoms with van der Waals surface area (Å²) in [6.07, 6.45) is 0.249. The molecule has 1 heterocycles. The molecule has 0 radical (unpaired) electrons. The Hall–Kier alpha value is -2.75. The molecule has 0 fully saturated rings. The van der Waals surface area contributed by atoms with Crippen LogP contribution < -0.4 is 5.63 Å². The molecule has 0 saturated carbocycles. The lowest BCUT2D eigenvalue weighted by molar-refractivity contribution is 0.458. The normalized spacial score (nSPS) is 10.8. The summed E-state index contributed by atoms with van der Waals surface area (Å²) in [6.45, 7) is 0. The lowest BCUT2D eigenvalue weighted by atomic mass is 10.0. The lowest BCUT2D eigenvalue weighted by Crippen LogP contribution is -2.08. The molecule has 3 aromatic rings. The standard InChI is InChI=1S/C16H12O4/c17-11-7-5-10(6-8-11)9-13-15(18)12-3-1-2-4-14(12)20-16(13)19/h1-8,17-18H,9H2. The van der Waals surface area contributed by atoms with Crippen molar-refractivity contribution in [2.24, 2.45) is 0 Å². The molecule has 0 bridgehead atoms. The highest BCUT2D eigenvalue weighted by atomic mass is 16.4. The summed E-state index contributed by atoms with van der Waals surface area (Å²) in [6, 6.07) is 13.3. The Bertz CT molecular complexity index is 816. The molecule has 0 atom stereocenters. The minimum absolute atomic E-state index is 0.0510. The molecule has 100 valence electrons. The Labute approximate surface area is 114 Å². The van der Waals surface area contributed by atoms with Crippen molar-refractivity contribution in [2.75, 3.05) is 0 Å².